The van der Waals surface area contributed by atoms with Gasteiger partial charge in [-0.3, -0.25) is 0 Å². The van der Waals surface area contributed by atoms with E-state index in [1.54, 1.807) is 6.07 Å². The summed E-state index contributed by atoms with van der Waals surface area (Å²) in [6.45, 7) is 6.52. The number of halogens is 1. The van der Waals surface area contributed by atoms with Gasteiger partial charge in [-0.2, -0.15) is 0 Å². The highest BCUT2D eigenvalue weighted by Crippen LogP contribution is 2.42. The molecular weight excluding hydrogens is 237 g/mol. The van der Waals surface area contributed by atoms with Gasteiger partial charge in [0.2, 0.25) is 0 Å². The summed E-state index contributed by atoms with van der Waals surface area (Å²) in [5.74, 6) is 0.536. The lowest BCUT2D eigenvalue weighted by Crippen LogP contribution is -2.31. The van der Waals surface area contributed by atoms with Gasteiger partial charge in [-0.1, -0.05) is 26.0 Å². The third kappa shape index (κ3) is 3.36. The molecule has 1 N–H and O–H groups in total. The van der Waals surface area contributed by atoms with Gasteiger partial charge in [0.05, 0.1) is 0 Å². The van der Waals surface area contributed by atoms with E-state index in [4.69, 9.17) is 0 Å². The Morgan fingerprint density at radius 3 is 2.42 bits per heavy atom. The van der Waals surface area contributed by atoms with E-state index in [1.165, 1.54) is 25.7 Å². The summed E-state index contributed by atoms with van der Waals surface area (Å²) in [7, 11) is 1.99. The van der Waals surface area contributed by atoms with E-state index in [9.17, 15) is 4.39 Å². The second-order valence-corrected chi connectivity index (χ2v) is 6.78. The SMILES string of the molecule is CNC(c1ccc(C)c(F)c1)C1CCC(C)(C)CC1. The minimum atomic E-state index is -0.0890. The first-order chi connectivity index (χ1) is 8.93. The Labute approximate surface area is 116 Å². The number of nitrogens with one attached hydrogen (secondary N) is 1. The lowest BCUT2D eigenvalue weighted by Gasteiger charge is -2.38. The first-order valence-corrected chi connectivity index (χ1v) is 7.36. The molecular formula is C17H26FN. The maximum absolute atomic E-state index is 13.7. The predicted molar refractivity (Wildman–Crippen MR) is 78.7 cm³/mol. The molecule has 19 heavy (non-hydrogen) atoms. The fourth-order valence-corrected chi connectivity index (χ4v) is 3.23. The average molecular weight is 263 g/mol. The Morgan fingerprint density at radius 2 is 1.89 bits per heavy atom. The molecule has 0 heterocycles. The summed E-state index contributed by atoms with van der Waals surface area (Å²) in [6, 6.07) is 5.95. The van der Waals surface area contributed by atoms with Crippen molar-refractivity contribution in [3.8, 4) is 0 Å². The van der Waals surface area contributed by atoms with Crippen molar-refractivity contribution in [3.63, 3.8) is 0 Å². The molecule has 0 amide bonds. The van der Waals surface area contributed by atoms with Crippen LogP contribution in [-0.2, 0) is 0 Å². The predicted octanol–water partition coefficient (Wildman–Crippen LogP) is 4.61. The lowest BCUT2D eigenvalue weighted by molar-refractivity contribution is 0.164. The lowest BCUT2D eigenvalue weighted by atomic mass is 9.70. The van der Waals surface area contributed by atoms with Crippen LogP contribution >= 0.6 is 0 Å². The zero-order chi connectivity index (χ0) is 14.0. The fraction of sp³-hybridized carbons (Fsp3) is 0.647. The van der Waals surface area contributed by atoms with Crippen molar-refractivity contribution in [2.75, 3.05) is 7.05 Å². The molecule has 1 saturated carbocycles. The van der Waals surface area contributed by atoms with Crippen LogP contribution in [0.3, 0.4) is 0 Å². The summed E-state index contributed by atoms with van der Waals surface area (Å²) >= 11 is 0. The molecule has 0 aliphatic heterocycles. The van der Waals surface area contributed by atoms with Gasteiger partial charge in [-0.05, 0) is 68.2 Å². The van der Waals surface area contributed by atoms with Crippen molar-refractivity contribution in [2.45, 2.75) is 52.5 Å². The van der Waals surface area contributed by atoms with Crippen LogP contribution in [0.2, 0.25) is 0 Å². The van der Waals surface area contributed by atoms with E-state index in [0.717, 1.165) is 11.1 Å². The second-order valence-electron chi connectivity index (χ2n) is 6.78. The average Bonchev–Trinajstić information content (AvgIpc) is 2.36. The van der Waals surface area contributed by atoms with Gasteiger partial charge >= 0.3 is 0 Å². The molecule has 106 valence electrons. The maximum atomic E-state index is 13.7. The number of hydrogen-bond acceptors (Lipinski definition) is 1. The highest BCUT2D eigenvalue weighted by atomic mass is 19.1. The molecule has 0 aromatic heterocycles. The van der Waals surface area contributed by atoms with Crippen LogP contribution in [0.5, 0.6) is 0 Å². The molecule has 1 fully saturated rings. The molecule has 1 aromatic rings. The van der Waals surface area contributed by atoms with Crippen molar-refractivity contribution in [1.29, 1.82) is 0 Å². The van der Waals surface area contributed by atoms with E-state index in [1.807, 2.05) is 20.0 Å². The van der Waals surface area contributed by atoms with Crippen LogP contribution < -0.4 is 5.32 Å². The summed E-state index contributed by atoms with van der Waals surface area (Å²) in [4.78, 5) is 0. The molecule has 2 heteroatoms. The van der Waals surface area contributed by atoms with Crippen molar-refractivity contribution < 1.29 is 4.39 Å². The fourth-order valence-electron chi connectivity index (χ4n) is 3.23. The van der Waals surface area contributed by atoms with Crippen LogP contribution in [0.25, 0.3) is 0 Å². The van der Waals surface area contributed by atoms with Gasteiger partial charge in [0.15, 0.2) is 0 Å². The molecule has 0 radical (unpaired) electrons. The molecule has 1 aliphatic carbocycles. The van der Waals surface area contributed by atoms with E-state index >= 15 is 0 Å². The Balaban J connectivity index is 2.14. The summed E-state index contributed by atoms with van der Waals surface area (Å²) in [6.07, 6.45) is 5.00. The molecule has 0 saturated heterocycles. The van der Waals surface area contributed by atoms with Crippen molar-refractivity contribution >= 4 is 0 Å². The van der Waals surface area contributed by atoms with Crippen molar-refractivity contribution in [1.82, 2.24) is 5.32 Å². The monoisotopic (exact) mass is 263 g/mol. The van der Waals surface area contributed by atoms with Crippen LogP contribution in [0.15, 0.2) is 18.2 Å². The Hall–Kier alpha value is -0.890. The molecule has 1 aliphatic rings. The molecule has 0 spiro atoms. The minimum Gasteiger partial charge on any atom is -0.313 e. The summed E-state index contributed by atoms with van der Waals surface area (Å²) in [5, 5.41) is 3.40. The number of benzene rings is 1. The van der Waals surface area contributed by atoms with Gasteiger partial charge in [-0.15, -0.1) is 0 Å². The molecule has 1 unspecified atom stereocenters. The normalized spacial score (nSPS) is 21.3. The largest absolute Gasteiger partial charge is 0.313 e. The van der Waals surface area contributed by atoms with E-state index in [2.05, 4.69) is 25.2 Å². The first kappa shape index (κ1) is 14.5. The Morgan fingerprint density at radius 1 is 1.26 bits per heavy atom. The zero-order valence-corrected chi connectivity index (χ0v) is 12.6. The Kier molecular flexibility index (Phi) is 4.29. The Bertz CT molecular complexity index is 429. The van der Waals surface area contributed by atoms with Gasteiger partial charge < -0.3 is 5.32 Å². The number of aryl methyl sites for hydroxylation is 1. The highest BCUT2D eigenvalue weighted by molar-refractivity contribution is 5.26. The van der Waals surface area contributed by atoms with Gasteiger partial charge in [-0.25, -0.2) is 4.39 Å². The standard InChI is InChI=1S/C17H26FN/c1-12-5-6-14(11-15(12)18)16(19-4)13-7-9-17(2,3)10-8-13/h5-6,11,13,16,19H,7-10H2,1-4H3. The zero-order valence-electron chi connectivity index (χ0n) is 12.6. The maximum Gasteiger partial charge on any atom is 0.126 e. The third-order valence-electron chi connectivity index (χ3n) is 4.72. The van der Waals surface area contributed by atoms with Gasteiger partial charge in [0, 0.05) is 6.04 Å². The van der Waals surface area contributed by atoms with E-state index in [-0.39, 0.29) is 11.9 Å². The second kappa shape index (κ2) is 5.62. The highest BCUT2D eigenvalue weighted by Gasteiger charge is 2.31. The minimum absolute atomic E-state index is 0.0890. The third-order valence-corrected chi connectivity index (χ3v) is 4.72. The topological polar surface area (TPSA) is 12.0 Å². The van der Waals surface area contributed by atoms with Crippen LogP contribution in [0.4, 0.5) is 4.39 Å². The first-order valence-electron chi connectivity index (χ1n) is 7.36. The van der Waals surface area contributed by atoms with Crippen LogP contribution in [-0.4, -0.2) is 7.05 Å². The molecule has 2 rings (SSSR count). The molecule has 1 nitrogen and oxygen atoms in total. The quantitative estimate of drug-likeness (QED) is 0.839. The van der Waals surface area contributed by atoms with Crippen molar-refractivity contribution in [3.05, 3.63) is 35.1 Å². The van der Waals surface area contributed by atoms with Crippen molar-refractivity contribution in [2.24, 2.45) is 11.3 Å². The smallest absolute Gasteiger partial charge is 0.126 e. The van der Waals surface area contributed by atoms with Crippen LogP contribution in [0.1, 0.15) is 56.7 Å². The van der Waals surface area contributed by atoms with E-state index in [0.29, 0.717) is 11.3 Å². The number of rotatable bonds is 3. The van der Waals surface area contributed by atoms with Crippen LogP contribution in [0, 0.1) is 24.1 Å². The molecule has 1 aromatic carbocycles. The number of hydrogen-bond donors (Lipinski definition) is 1. The van der Waals surface area contributed by atoms with Gasteiger partial charge in [0.25, 0.3) is 0 Å². The van der Waals surface area contributed by atoms with Gasteiger partial charge in [0.1, 0.15) is 5.82 Å². The van der Waals surface area contributed by atoms with E-state index < -0.39 is 0 Å². The summed E-state index contributed by atoms with van der Waals surface area (Å²) < 4.78 is 13.7. The summed E-state index contributed by atoms with van der Waals surface area (Å²) in [5.41, 5.74) is 2.30. The molecule has 0 bridgehead atoms. The molecule has 1 atom stereocenters.